The van der Waals surface area contributed by atoms with E-state index in [0.717, 1.165) is 30.0 Å². The lowest BCUT2D eigenvalue weighted by molar-refractivity contribution is -0.126. The van der Waals surface area contributed by atoms with Crippen LogP contribution < -0.4 is 15.4 Å². The second kappa shape index (κ2) is 9.66. The van der Waals surface area contributed by atoms with Gasteiger partial charge in [-0.2, -0.15) is 0 Å². The summed E-state index contributed by atoms with van der Waals surface area (Å²) in [5.41, 5.74) is 2.14. The minimum Gasteiger partial charge on any atom is -0.491 e. The minimum absolute atomic E-state index is 0. The molecule has 0 spiro atoms. The highest BCUT2D eigenvalue weighted by Gasteiger charge is 2.24. The summed E-state index contributed by atoms with van der Waals surface area (Å²) in [6.45, 7) is 7.82. The topological polar surface area (TPSA) is 59.6 Å². The first-order chi connectivity index (χ1) is 10.2. The third kappa shape index (κ3) is 5.48. The molecule has 0 unspecified atom stereocenters. The number of hydrogen-bond donors (Lipinski definition) is 2. The monoisotopic (exact) mass is 328 g/mol. The molecule has 0 radical (unpaired) electrons. The first-order valence-electron chi connectivity index (χ1n) is 7.49. The van der Waals surface area contributed by atoms with E-state index in [0.29, 0.717) is 26.4 Å². The Hall–Kier alpha value is -1.30. The Balaban J connectivity index is 0.00000242. The summed E-state index contributed by atoms with van der Waals surface area (Å²) in [7, 11) is 0. The summed E-state index contributed by atoms with van der Waals surface area (Å²) in [6, 6.07) is 6.03. The van der Waals surface area contributed by atoms with E-state index < -0.39 is 0 Å². The predicted molar refractivity (Wildman–Crippen MR) is 88.6 cm³/mol. The number of carbonyl (C=O) groups is 1. The SMILES string of the molecule is CCOCCOc1cc(C)ccc1CNC(=O)C1CNC1.Cl. The minimum atomic E-state index is 0. The van der Waals surface area contributed by atoms with Gasteiger partial charge in [0.05, 0.1) is 12.5 Å². The van der Waals surface area contributed by atoms with E-state index in [2.05, 4.69) is 10.6 Å². The van der Waals surface area contributed by atoms with E-state index in [1.54, 1.807) is 0 Å². The maximum atomic E-state index is 11.9. The number of benzene rings is 1. The van der Waals surface area contributed by atoms with E-state index in [1.807, 2.05) is 32.0 Å². The molecule has 1 aromatic carbocycles. The van der Waals surface area contributed by atoms with Crippen LogP contribution in [0.15, 0.2) is 18.2 Å². The Labute approximate surface area is 138 Å². The lowest BCUT2D eigenvalue weighted by Gasteiger charge is -2.26. The normalized spacial score (nSPS) is 13.9. The average molecular weight is 329 g/mol. The van der Waals surface area contributed by atoms with Crippen molar-refractivity contribution in [2.45, 2.75) is 20.4 Å². The molecule has 2 rings (SSSR count). The van der Waals surface area contributed by atoms with Crippen LogP contribution >= 0.6 is 12.4 Å². The summed E-state index contributed by atoms with van der Waals surface area (Å²) in [5, 5.41) is 6.07. The molecule has 0 atom stereocenters. The van der Waals surface area contributed by atoms with Gasteiger partial charge in [0.15, 0.2) is 0 Å². The second-order valence-corrected chi connectivity index (χ2v) is 5.23. The molecule has 0 aliphatic carbocycles. The van der Waals surface area contributed by atoms with Crippen molar-refractivity contribution in [1.29, 1.82) is 0 Å². The van der Waals surface area contributed by atoms with Crippen LogP contribution in [-0.4, -0.2) is 38.8 Å². The molecule has 2 N–H and O–H groups in total. The number of carbonyl (C=O) groups excluding carboxylic acids is 1. The number of rotatable bonds is 8. The summed E-state index contributed by atoms with van der Waals surface area (Å²) in [4.78, 5) is 11.9. The third-order valence-corrected chi connectivity index (χ3v) is 3.52. The van der Waals surface area contributed by atoms with Gasteiger partial charge in [-0.1, -0.05) is 12.1 Å². The Morgan fingerprint density at radius 3 is 2.77 bits per heavy atom. The standard InChI is InChI=1S/C16H24N2O3.ClH/c1-3-20-6-7-21-15-8-12(2)4-5-13(15)11-18-16(19)14-9-17-10-14;/h4-5,8,14,17H,3,6-7,9-11H2,1-2H3,(H,18,19);1H. The van der Waals surface area contributed by atoms with Crippen LogP contribution in [0.1, 0.15) is 18.1 Å². The zero-order valence-electron chi connectivity index (χ0n) is 13.2. The van der Waals surface area contributed by atoms with Crippen LogP contribution in [0.5, 0.6) is 5.75 Å². The second-order valence-electron chi connectivity index (χ2n) is 5.23. The Morgan fingerprint density at radius 2 is 2.14 bits per heavy atom. The zero-order chi connectivity index (χ0) is 15.1. The van der Waals surface area contributed by atoms with Crippen molar-refractivity contribution in [2.24, 2.45) is 5.92 Å². The van der Waals surface area contributed by atoms with Gasteiger partial charge >= 0.3 is 0 Å². The highest BCUT2D eigenvalue weighted by molar-refractivity contribution is 5.85. The number of aryl methyl sites for hydroxylation is 1. The maximum Gasteiger partial charge on any atom is 0.225 e. The van der Waals surface area contributed by atoms with Gasteiger partial charge in [-0.15, -0.1) is 12.4 Å². The van der Waals surface area contributed by atoms with Crippen LogP contribution in [0.4, 0.5) is 0 Å². The molecule has 1 aliphatic rings. The molecule has 6 heteroatoms. The van der Waals surface area contributed by atoms with Crippen LogP contribution in [0, 0.1) is 12.8 Å². The smallest absolute Gasteiger partial charge is 0.225 e. The van der Waals surface area contributed by atoms with E-state index >= 15 is 0 Å². The molecule has 1 saturated heterocycles. The van der Waals surface area contributed by atoms with Gasteiger partial charge in [-0.25, -0.2) is 0 Å². The molecular weight excluding hydrogens is 304 g/mol. The van der Waals surface area contributed by atoms with E-state index in [1.165, 1.54) is 0 Å². The summed E-state index contributed by atoms with van der Waals surface area (Å²) in [5.74, 6) is 1.04. The molecule has 124 valence electrons. The Bertz CT molecular complexity index is 478. The van der Waals surface area contributed by atoms with Gasteiger partial charge in [0.2, 0.25) is 5.91 Å². The van der Waals surface area contributed by atoms with Gasteiger partial charge in [0, 0.05) is 31.8 Å². The van der Waals surface area contributed by atoms with Gasteiger partial charge < -0.3 is 20.1 Å². The van der Waals surface area contributed by atoms with Crippen LogP contribution in [-0.2, 0) is 16.1 Å². The average Bonchev–Trinajstić information content (AvgIpc) is 2.41. The van der Waals surface area contributed by atoms with Crippen LogP contribution in [0.25, 0.3) is 0 Å². The molecule has 0 saturated carbocycles. The molecule has 1 heterocycles. The van der Waals surface area contributed by atoms with Crippen molar-refractivity contribution in [3.8, 4) is 5.75 Å². The molecule has 1 fully saturated rings. The number of ether oxygens (including phenoxy) is 2. The fourth-order valence-electron chi connectivity index (χ4n) is 2.10. The largest absolute Gasteiger partial charge is 0.491 e. The van der Waals surface area contributed by atoms with Gasteiger partial charge in [0.25, 0.3) is 0 Å². The Kier molecular flexibility index (Phi) is 8.24. The lowest BCUT2D eigenvalue weighted by atomic mass is 10.0. The summed E-state index contributed by atoms with van der Waals surface area (Å²) in [6.07, 6.45) is 0. The molecule has 1 amide bonds. The quantitative estimate of drug-likeness (QED) is 0.713. The van der Waals surface area contributed by atoms with Crippen molar-refractivity contribution < 1.29 is 14.3 Å². The summed E-state index contributed by atoms with van der Waals surface area (Å²) < 4.78 is 11.0. The first-order valence-corrected chi connectivity index (χ1v) is 7.49. The Morgan fingerprint density at radius 1 is 1.36 bits per heavy atom. The van der Waals surface area contributed by atoms with Crippen LogP contribution in [0.3, 0.4) is 0 Å². The molecule has 5 nitrogen and oxygen atoms in total. The zero-order valence-corrected chi connectivity index (χ0v) is 14.0. The summed E-state index contributed by atoms with van der Waals surface area (Å²) >= 11 is 0. The molecule has 0 bridgehead atoms. The van der Waals surface area contributed by atoms with Crippen molar-refractivity contribution in [3.05, 3.63) is 29.3 Å². The number of halogens is 1. The molecule has 0 aromatic heterocycles. The van der Waals surface area contributed by atoms with Crippen molar-refractivity contribution in [1.82, 2.24) is 10.6 Å². The fraction of sp³-hybridized carbons (Fsp3) is 0.562. The number of hydrogen-bond acceptors (Lipinski definition) is 4. The molecule has 1 aliphatic heterocycles. The molecular formula is C16H25ClN2O3. The predicted octanol–water partition coefficient (Wildman–Crippen LogP) is 1.67. The van der Waals surface area contributed by atoms with Gasteiger partial charge in [-0.05, 0) is 25.5 Å². The van der Waals surface area contributed by atoms with Crippen molar-refractivity contribution in [3.63, 3.8) is 0 Å². The third-order valence-electron chi connectivity index (χ3n) is 3.52. The van der Waals surface area contributed by atoms with Crippen LogP contribution in [0.2, 0.25) is 0 Å². The first kappa shape index (κ1) is 18.7. The highest BCUT2D eigenvalue weighted by Crippen LogP contribution is 2.20. The van der Waals surface area contributed by atoms with Crippen molar-refractivity contribution >= 4 is 18.3 Å². The van der Waals surface area contributed by atoms with Crippen molar-refractivity contribution in [2.75, 3.05) is 32.9 Å². The lowest BCUT2D eigenvalue weighted by Crippen LogP contribution is -2.50. The van der Waals surface area contributed by atoms with Gasteiger partial charge in [-0.3, -0.25) is 4.79 Å². The number of nitrogens with one attached hydrogen (secondary N) is 2. The molecule has 22 heavy (non-hydrogen) atoms. The maximum absolute atomic E-state index is 11.9. The fourth-order valence-corrected chi connectivity index (χ4v) is 2.10. The van der Waals surface area contributed by atoms with E-state index in [4.69, 9.17) is 9.47 Å². The number of amides is 1. The van der Waals surface area contributed by atoms with Gasteiger partial charge in [0.1, 0.15) is 12.4 Å². The molecule has 1 aromatic rings. The highest BCUT2D eigenvalue weighted by atomic mass is 35.5. The van der Waals surface area contributed by atoms with E-state index in [9.17, 15) is 4.79 Å². The van der Waals surface area contributed by atoms with E-state index in [-0.39, 0.29) is 24.2 Å².